The van der Waals surface area contributed by atoms with Crippen molar-refractivity contribution < 1.29 is 23.1 Å². The molecule has 3 aromatic heterocycles. The summed E-state index contributed by atoms with van der Waals surface area (Å²) in [5, 5.41) is 7.47. The highest BCUT2D eigenvalue weighted by molar-refractivity contribution is 6.00. The molecule has 13 heteroatoms. The summed E-state index contributed by atoms with van der Waals surface area (Å²) in [6.45, 7) is 3.74. The maximum absolute atomic E-state index is 13.7. The third-order valence-electron chi connectivity index (χ3n) is 10.1. The van der Waals surface area contributed by atoms with Gasteiger partial charge in [0.2, 0.25) is 12.3 Å². The van der Waals surface area contributed by atoms with Gasteiger partial charge < -0.3 is 24.9 Å². The van der Waals surface area contributed by atoms with Gasteiger partial charge in [0.1, 0.15) is 16.9 Å². The van der Waals surface area contributed by atoms with Crippen LogP contribution < -0.4 is 15.8 Å². The number of ether oxygens (including phenoxy) is 1. The first-order chi connectivity index (χ1) is 22.5. The van der Waals surface area contributed by atoms with Crippen LogP contribution in [0.25, 0.3) is 33.6 Å². The molecule has 11 nitrogen and oxygen atoms in total. The topological polar surface area (TPSA) is 124 Å². The van der Waals surface area contributed by atoms with E-state index in [2.05, 4.69) is 16.0 Å². The number of fused-ring (bicyclic) bond motifs is 2. The van der Waals surface area contributed by atoms with E-state index in [1.807, 2.05) is 48.8 Å². The molecule has 1 aliphatic heterocycles. The zero-order valence-corrected chi connectivity index (χ0v) is 27.3. The van der Waals surface area contributed by atoms with E-state index < -0.39 is 24.3 Å². The summed E-state index contributed by atoms with van der Waals surface area (Å²) in [4.78, 5) is 36.7. The number of rotatable bonds is 10. The predicted molar refractivity (Wildman–Crippen MR) is 174 cm³/mol. The van der Waals surface area contributed by atoms with E-state index in [1.54, 1.807) is 18.2 Å². The first-order valence-electron chi connectivity index (χ1n) is 16.4. The molecule has 3 aliphatic rings. The number of halogens is 2. The van der Waals surface area contributed by atoms with Crippen molar-refractivity contribution in [1.29, 1.82) is 0 Å². The maximum Gasteiger partial charge on any atom is 0.268 e. The molecule has 3 fully saturated rings. The van der Waals surface area contributed by atoms with E-state index in [0.717, 1.165) is 48.1 Å². The number of benzene rings is 1. The minimum Gasteiger partial charge on any atom is -0.494 e. The Labute approximate surface area is 272 Å². The molecule has 2 atom stereocenters. The van der Waals surface area contributed by atoms with Gasteiger partial charge in [-0.2, -0.15) is 0 Å². The van der Waals surface area contributed by atoms with E-state index in [0.29, 0.717) is 60.2 Å². The summed E-state index contributed by atoms with van der Waals surface area (Å²) < 4.78 is 36.2. The lowest BCUT2D eigenvalue weighted by atomic mass is 10.0. The van der Waals surface area contributed by atoms with Crippen LogP contribution in [0.15, 0.2) is 30.3 Å². The summed E-state index contributed by atoms with van der Waals surface area (Å²) in [6, 6.07) is 8.99. The van der Waals surface area contributed by atoms with Crippen LogP contribution in [0.4, 0.5) is 8.78 Å². The molecule has 1 aromatic carbocycles. The first-order valence-corrected chi connectivity index (χ1v) is 16.4. The standard InChI is InChI=1S/C34H42F2N8O3/c1-19(38-33(46)34(10-11-34)16-28(35)36)24-8-7-21-14-26(43(30(21)39-24)17-20-5-6-20)31-40-25-13-22(15-27(47-4)29(25)42(31)3)32(45)44-18-23(37)9-12-41(44)2/h7-8,13-15,19-20,23,28H,5-6,9-12,16-18,37H2,1-4H3,(H,38,46)/t19-,23-/m1/s1. The fraction of sp³-hybridized carbons (Fsp3) is 0.529. The third kappa shape index (κ3) is 5.84. The molecule has 0 bridgehead atoms. The summed E-state index contributed by atoms with van der Waals surface area (Å²) in [7, 11) is 5.42. The number of amides is 2. The van der Waals surface area contributed by atoms with Crippen molar-refractivity contribution in [3.05, 3.63) is 41.6 Å². The molecule has 0 radical (unpaired) electrons. The number of nitrogens with zero attached hydrogens (tertiary/aromatic N) is 6. The number of methoxy groups -OCH3 is 1. The van der Waals surface area contributed by atoms with Gasteiger partial charge in [0.15, 0.2) is 5.82 Å². The van der Waals surface area contributed by atoms with Crippen LogP contribution in [0.1, 0.15) is 67.5 Å². The molecule has 250 valence electrons. The van der Waals surface area contributed by atoms with Gasteiger partial charge >= 0.3 is 0 Å². The molecule has 0 spiro atoms. The molecule has 3 N–H and O–H groups in total. The molecule has 2 amide bonds. The van der Waals surface area contributed by atoms with E-state index in [1.165, 1.54) is 0 Å². The quantitative estimate of drug-likeness (QED) is 0.257. The average molecular weight is 649 g/mol. The molecule has 4 heterocycles. The summed E-state index contributed by atoms with van der Waals surface area (Å²) in [5.74, 6) is 1.30. The lowest BCUT2D eigenvalue weighted by Gasteiger charge is -2.38. The van der Waals surface area contributed by atoms with Gasteiger partial charge in [0, 0.05) is 50.6 Å². The summed E-state index contributed by atoms with van der Waals surface area (Å²) >= 11 is 0. The molecule has 4 aromatic rings. The van der Waals surface area contributed by atoms with E-state index in [9.17, 15) is 18.4 Å². The highest BCUT2D eigenvalue weighted by atomic mass is 19.3. The van der Waals surface area contributed by atoms with Crippen LogP contribution >= 0.6 is 0 Å². The van der Waals surface area contributed by atoms with Gasteiger partial charge in [-0.25, -0.2) is 23.8 Å². The van der Waals surface area contributed by atoms with Crippen LogP contribution in [0.3, 0.4) is 0 Å². The number of hydrogen-bond donors (Lipinski definition) is 2. The zero-order valence-electron chi connectivity index (χ0n) is 27.3. The molecule has 2 aliphatic carbocycles. The predicted octanol–water partition coefficient (Wildman–Crippen LogP) is 4.64. The Hall–Kier alpha value is -4.10. The van der Waals surface area contributed by atoms with Crippen molar-refractivity contribution in [2.24, 2.45) is 24.1 Å². The first kappa shape index (κ1) is 31.5. The minimum atomic E-state index is -2.51. The smallest absolute Gasteiger partial charge is 0.268 e. The molecule has 2 saturated carbocycles. The Morgan fingerprint density at radius 3 is 2.57 bits per heavy atom. The number of aromatic nitrogens is 4. The number of hydrogen-bond acceptors (Lipinski definition) is 7. The van der Waals surface area contributed by atoms with Gasteiger partial charge in [-0.1, -0.05) is 0 Å². The van der Waals surface area contributed by atoms with E-state index in [-0.39, 0.29) is 17.9 Å². The Balaban J connectivity index is 1.25. The van der Waals surface area contributed by atoms with Crippen molar-refractivity contribution in [1.82, 2.24) is 34.4 Å². The lowest BCUT2D eigenvalue weighted by molar-refractivity contribution is -0.128. The largest absolute Gasteiger partial charge is 0.494 e. The highest BCUT2D eigenvalue weighted by Crippen LogP contribution is 2.50. The van der Waals surface area contributed by atoms with Gasteiger partial charge in [0.05, 0.1) is 42.0 Å². The molecule has 7 rings (SSSR count). The third-order valence-corrected chi connectivity index (χ3v) is 10.1. The fourth-order valence-corrected chi connectivity index (χ4v) is 6.84. The molecular formula is C34H42F2N8O3. The Morgan fingerprint density at radius 2 is 1.89 bits per heavy atom. The van der Waals surface area contributed by atoms with Crippen LogP contribution in [-0.2, 0) is 18.4 Å². The van der Waals surface area contributed by atoms with Crippen LogP contribution in [0.2, 0.25) is 0 Å². The molecule has 47 heavy (non-hydrogen) atoms. The zero-order chi connectivity index (χ0) is 33.2. The summed E-state index contributed by atoms with van der Waals surface area (Å²) in [5.41, 5.74) is 9.44. The van der Waals surface area contributed by atoms with Gasteiger partial charge in [-0.15, -0.1) is 0 Å². The maximum atomic E-state index is 13.7. The van der Waals surface area contributed by atoms with Crippen LogP contribution in [0, 0.1) is 11.3 Å². The van der Waals surface area contributed by atoms with Crippen molar-refractivity contribution in [2.45, 2.75) is 70.5 Å². The highest BCUT2D eigenvalue weighted by Gasteiger charge is 2.51. The second-order valence-corrected chi connectivity index (χ2v) is 13.7. The van der Waals surface area contributed by atoms with Crippen molar-refractivity contribution >= 4 is 33.9 Å². The molecule has 1 saturated heterocycles. The monoisotopic (exact) mass is 648 g/mol. The Kier molecular flexibility index (Phi) is 7.94. The number of alkyl halides is 2. The van der Waals surface area contributed by atoms with Crippen LogP contribution in [0.5, 0.6) is 5.75 Å². The van der Waals surface area contributed by atoms with Gasteiger partial charge in [-0.05, 0) is 75.3 Å². The lowest BCUT2D eigenvalue weighted by Crippen LogP contribution is -2.55. The number of nitrogens with one attached hydrogen (secondary N) is 1. The summed E-state index contributed by atoms with van der Waals surface area (Å²) in [6.07, 6.45) is 1.14. The SMILES string of the molecule is COc1cc(C(=O)N2C[C@H](N)CCN2C)cc2nc(-c3cc4ccc([C@@H](C)NC(=O)C5(CC(F)F)CC5)nc4n3CC3CC3)n(C)c12. The number of pyridine rings is 1. The van der Waals surface area contributed by atoms with E-state index in [4.69, 9.17) is 20.4 Å². The number of hydrazine groups is 1. The van der Waals surface area contributed by atoms with Crippen molar-refractivity contribution in [3.63, 3.8) is 0 Å². The molecular weight excluding hydrogens is 606 g/mol. The normalized spacial score (nSPS) is 20.3. The fourth-order valence-electron chi connectivity index (χ4n) is 6.84. The average Bonchev–Trinajstić information content (AvgIpc) is 3.96. The van der Waals surface area contributed by atoms with Crippen LogP contribution in [-0.4, -0.2) is 80.6 Å². The Morgan fingerprint density at radius 1 is 1.13 bits per heavy atom. The number of carbonyl (C=O) groups excluding carboxylic acids is 2. The second-order valence-electron chi connectivity index (χ2n) is 13.7. The number of aryl methyl sites for hydroxylation is 1. The second kappa shape index (κ2) is 11.9. The number of nitrogens with two attached hydrogens (primary N) is 1. The van der Waals surface area contributed by atoms with Crippen molar-refractivity contribution in [2.75, 3.05) is 27.2 Å². The van der Waals surface area contributed by atoms with Gasteiger partial charge in [-0.3, -0.25) is 14.6 Å². The number of imidazole rings is 1. The molecule has 0 unspecified atom stereocenters. The minimum absolute atomic E-state index is 0.0793. The van der Waals surface area contributed by atoms with E-state index >= 15 is 0 Å². The Bertz CT molecular complexity index is 1860. The number of carbonyl (C=O) groups is 2. The van der Waals surface area contributed by atoms with Gasteiger partial charge in [0.25, 0.3) is 5.91 Å². The van der Waals surface area contributed by atoms with Crippen molar-refractivity contribution in [3.8, 4) is 17.3 Å².